The molecule has 0 saturated heterocycles. The summed E-state index contributed by atoms with van der Waals surface area (Å²) in [5.41, 5.74) is 0.624. The zero-order chi connectivity index (χ0) is 14.5. The Morgan fingerprint density at radius 1 is 1.35 bits per heavy atom. The quantitative estimate of drug-likeness (QED) is 0.788. The maximum Gasteiger partial charge on any atom is 0.251 e. The Hall–Kier alpha value is -0.540. The fourth-order valence-corrected chi connectivity index (χ4v) is 3.89. The van der Waals surface area contributed by atoms with Crippen LogP contribution in [0.5, 0.6) is 0 Å². The molecule has 2 rings (SSSR count). The molecule has 1 amide bonds. The lowest BCUT2D eigenvalue weighted by atomic mass is 9.83. The monoisotopic (exact) mass is 357 g/mol. The number of benzene rings is 1. The van der Waals surface area contributed by atoms with Crippen molar-refractivity contribution in [2.24, 2.45) is 5.92 Å². The third kappa shape index (κ3) is 4.23. The van der Waals surface area contributed by atoms with Crippen LogP contribution in [0.15, 0.2) is 22.7 Å². The van der Waals surface area contributed by atoms with Gasteiger partial charge in [-0.15, -0.1) is 0 Å². The number of carbonyl (C=O) groups excluding carboxylic acids is 1. The standard InChI is InChI=1S/C16H21BrClNO/c1-2-15(11-6-4-3-5-7-11)19-16(20)12-8-13(17)10-14(18)9-12/h8-11,15H,2-7H2,1H3,(H,19,20). The molecule has 4 heteroatoms. The molecule has 1 aromatic rings. The smallest absolute Gasteiger partial charge is 0.251 e. The second-order valence-electron chi connectivity index (χ2n) is 5.54. The van der Waals surface area contributed by atoms with E-state index in [0.717, 1.165) is 10.9 Å². The Morgan fingerprint density at radius 2 is 2.05 bits per heavy atom. The van der Waals surface area contributed by atoms with Crippen LogP contribution in [-0.2, 0) is 0 Å². The largest absolute Gasteiger partial charge is 0.349 e. The lowest BCUT2D eigenvalue weighted by Crippen LogP contribution is -2.40. The molecule has 1 atom stereocenters. The number of carbonyl (C=O) groups is 1. The van der Waals surface area contributed by atoms with E-state index in [-0.39, 0.29) is 11.9 Å². The van der Waals surface area contributed by atoms with Crippen LogP contribution in [0.1, 0.15) is 55.8 Å². The number of hydrogen-bond donors (Lipinski definition) is 1. The Morgan fingerprint density at radius 3 is 2.65 bits per heavy atom. The molecule has 0 bridgehead atoms. The van der Waals surface area contributed by atoms with E-state index in [1.807, 2.05) is 6.07 Å². The minimum atomic E-state index is -0.0226. The Bertz CT molecular complexity index is 451. The van der Waals surface area contributed by atoms with Crippen molar-refractivity contribution in [1.29, 1.82) is 0 Å². The molecule has 2 nitrogen and oxygen atoms in total. The van der Waals surface area contributed by atoms with E-state index in [9.17, 15) is 4.79 Å². The molecule has 0 spiro atoms. The summed E-state index contributed by atoms with van der Waals surface area (Å²) >= 11 is 9.38. The highest BCUT2D eigenvalue weighted by Crippen LogP contribution is 2.28. The lowest BCUT2D eigenvalue weighted by Gasteiger charge is -2.30. The van der Waals surface area contributed by atoms with Gasteiger partial charge in [-0.2, -0.15) is 0 Å². The first kappa shape index (κ1) is 15.8. The molecule has 1 saturated carbocycles. The summed E-state index contributed by atoms with van der Waals surface area (Å²) in [6, 6.07) is 5.60. The van der Waals surface area contributed by atoms with E-state index in [1.165, 1.54) is 32.1 Å². The Labute approximate surface area is 134 Å². The summed E-state index contributed by atoms with van der Waals surface area (Å²) in [6.45, 7) is 2.15. The van der Waals surface area contributed by atoms with Gasteiger partial charge in [0, 0.05) is 21.1 Å². The van der Waals surface area contributed by atoms with Gasteiger partial charge in [-0.05, 0) is 43.4 Å². The SMILES string of the molecule is CCC(NC(=O)c1cc(Cl)cc(Br)c1)C1CCCCC1. The first-order chi connectivity index (χ1) is 9.60. The molecule has 110 valence electrons. The minimum absolute atomic E-state index is 0.0226. The van der Waals surface area contributed by atoms with Gasteiger partial charge in [0.2, 0.25) is 0 Å². The molecule has 1 aromatic carbocycles. The maximum absolute atomic E-state index is 12.4. The van der Waals surface area contributed by atoms with Gasteiger partial charge in [-0.1, -0.05) is 53.7 Å². The van der Waals surface area contributed by atoms with Crippen LogP contribution < -0.4 is 5.32 Å². The van der Waals surface area contributed by atoms with Crippen LogP contribution in [0.3, 0.4) is 0 Å². The molecule has 1 aliphatic carbocycles. The number of amides is 1. The third-order valence-corrected chi connectivity index (χ3v) is 4.78. The van der Waals surface area contributed by atoms with Crippen molar-refractivity contribution in [3.63, 3.8) is 0 Å². The molecule has 20 heavy (non-hydrogen) atoms. The maximum atomic E-state index is 12.4. The van der Waals surface area contributed by atoms with Gasteiger partial charge >= 0.3 is 0 Å². The highest BCUT2D eigenvalue weighted by Gasteiger charge is 2.24. The van der Waals surface area contributed by atoms with Crippen LogP contribution in [0.2, 0.25) is 5.02 Å². The molecule has 0 heterocycles. The van der Waals surface area contributed by atoms with Crippen molar-refractivity contribution in [2.75, 3.05) is 0 Å². The fourth-order valence-electron chi connectivity index (χ4n) is 3.03. The molecule has 0 aromatic heterocycles. The molecule has 1 unspecified atom stereocenters. The predicted molar refractivity (Wildman–Crippen MR) is 87.3 cm³/mol. The van der Waals surface area contributed by atoms with Crippen molar-refractivity contribution in [2.45, 2.75) is 51.5 Å². The van der Waals surface area contributed by atoms with Crippen molar-refractivity contribution < 1.29 is 4.79 Å². The normalized spacial score (nSPS) is 17.8. The van der Waals surface area contributed by atoms with Crippen LogP contribution >= 0.6 is 27.5 Å². The van der Waals surface area contributed by atoms with Gasteiger partial charge in [0.25, 0.3) is 5.91 Å². The number of rotatable bonds is 4. The summed E-state index contributed by atoms with van der Waals surface area (Å²) < 4.78 is 0.834. The highest BCUT2D eigenvalue weighted by molar-refractivity contribution is 9.10. The van der Waals surface area contributed by atoms with Gasteiger partial charge < -0.3 is 5.32 Å². The van der Waals surface area contributed by atoms with Gasteiger partial charge in [0.15, 0.2) is 0 Å². The summed E-state index contributed by atoms with van der Waals surface area (Å²) in [7, 11) is 0. The van der Waals surface area contributed by atoms with E-state index in [0.29, 0.717) is 16.5 Å². The van der Waals surface area contributed by atoms with Crippen molar-refractivity contribution in [3.05, 3.63) is 33.3 Å². The Kier molecular flexibility index (Phi) is 5.91. The predicted octanol–water partition coefficient (Wildman–Crippen LogP) is 5.19. The van der Waals surface area contributed by atoms with Crippen molar-refractivity contribution in [3.8, 4) is 0 Å². The first-order valence-corrected chi connectivity index (χ1v) is 8.54. The lowest BCUT2D eigenvalue weighted by molar-refractivity contribution is 0.0911. The second kappa shape index (κ2) is 7.46. The number of nitrogens with one attached hydrogen (secondary N) is 1. The van der Waals surface area contributed by atoms with E-state index in [1.54, 1.807) is 12.1 Å². The van der Waals surface area contributed by atoms with E-state index < -0.39 is 0 Å². The summed E-state index contributed by atoms with van der Waals surface area (Å²) in [5.74, 6) is 0.603. The molecule has 0 radical (unpaired) electrons. The Balaban J connectivity index is 2.04. The zero-order valence-electron chi connectivity index (χ0n) is 11.8. The van der Waals surface area contributed by atoms with Gasteiger partial charge in [-0.25, -0.2) is 0 Å². The van der Waals surface area contributed by atoms with E-state index in [4.69, 9.17) is 11.6 Å². The molecule has 1 aliphatic rings. The van der Waals surface area contributed by atoms with Gasteiger partial charge in [-0.3, -0.25) is 4.79 Å². The van der Waals surface area contributed by atoms with Crippen LogP contribution in [-0.4, -0.2) is 11.9 Å². The fraction of sp³-hybridized carbons (Fsp3) is 0.562. The number of hydrogen-bond acceptors (Lipinski definition) is 1. The van der Waals surface area contributed by atoms with E-state index in [2.05, 4.69) is 28.2 Å². The molecule has 1 fully saturated rings. The van der Waals surface area contributed by atoms with E-state index >= 15 is 0 Å². The van der Waals surface area contributed by atoms with Gasteiger partial charge in [0.05, 0.1) is 0 Å². The highest BCUT2D eigenvalue weighted by atomic mass is 79.9. The molecular formula is C16H21BrClNO. The van der Waals surface area contributed by atoms with Crippen LogP contribution in [0.4, 0.5) is 0 Å². The van der Waals surface area contributed by atoms with Gasteiger partial charge in [0.1, 0.15) is 0 Å². The average molecular weight is 359 g/mol. The third-order valence-electron chi connectivity index (χ3n) is 4.10. The topological polar surface area (TPSA) is 29.1 Å². The van der Waals surface area contributed by atoms with Crippen LogP contribution in [0, 0.1) is 5.92 Å². The summed E-state index contributed by atoms with van der Waals surface area (Å²) in [4.78, 5) is 12.4. The first-order valence-electron chi connectivity index (χ1n) is 7.37. The molecule has 0 aliphatic heterocycles. The average Bonchev–Trinajstić information content (AvgIpc) is 2.44. The summed E-state index contributed by atoms with van der Waals surface area (Å²) in [6.07, 6.45) is 7.37. The van der Waals surface area contributed by atoms with Crippen molar-refractivity contribution >= 4 is 33.4 Å². The zero-order valence-corrected chi connectivity index (χ0v) is 14.1. The molecular weight excluding hydrogens is 338 g/mol. The molecule has 1 N–H and O–H groups in total. The second-order valence-corrected chi connectivity index (χ2v) is 6.90. The van der Waals surface area contributed by atoms with Crippen molar-refractivity contribution in [1.82, 2.24) is 5.32 Å². The van der Waals surface area contributed by atoms with Crippen LogP contribution in [0.25, 0.3) is 0 Å². The minimum Gasteiger partial charge on any atom is -0.349 e. The summed E-state index contributed by atoms with van der Waals surface area (Å²) in [5, 5.41) is 3.77. The number of halogens is 2.